The smallest absolute Gasteiger partial charge is 0.357 e. The molecule has 0 bridgehead atoms. The van der Waals surface area contributed by atoms with Crippen molar-refractivity contribution in [1.29, 1.82) is 0 Å². The third-order valence-corrected chi connectivity index (χ3v) is 2.62. The molecule has 0 aliphatic rings. The van der Waals surface area contributed by atoms with Gasteiger partial charge in [0.15, 0.2) is 5.69 Å². The minimum atomic E-state index is -0.458. The van der Waals surface area contributed by atoms with E-state index in [4.69, 9.17) is 4.74 Å². The Labute approximate surface area is 109 Å². The van der Waals surface area contributed by atoms with Gasteiger partial charge < -0.3 is 10.1 Å². The van der Waals surface area contributed by atoms with Crippen molar-refractivity contribution in [2.75, 3.05) is 5.32 Å². The topological polar surface area (TPSA) is 51.2 Å². The molecule has 1 aromatic heterocycles. The first-order valence-corrected chi connectivity index (χ1v) is 6.31. The summed E-state index contributed by atoms with van der Waals surface area (Å²) in [4.78, 5) is 16.2. The van der Waals surface area contributed by atoms with Gasteiger partial charge in [0, 0.05) is 6.04 Å². The zero-order valence-electron chi connectivity index (χ0n) is 11.8. The Balaban J connectivity index is 2.80. The van der Waals surface area contributed by atoms with Crippen molar-refractivity contribution in [3.63, 3.8) is 0 Å². The van der Waals surface area contributed by atoms with Gasteiger partial charge in [0.1, 0.15) is 11.4 Å². The van der Waals surface area contributed by atoms with Gasteiger partial charge in [0.05, 0.1) is 0 Å². The van der Waals surface area contributed by atoms with Crippen molar-refractivity contribution >= 4 is 11.8 Å². The zero-order chi connectivity index (χ0) is 13.8. The molecule has 0 saturated heterocycles. The highest BCUT2D eigenvalue weighted by Gasteiger charge is 2.22. The van der Waals surface area contributed by atoms with Gasteiger partial charge in [0.25, 0.3) is 0 Å². The fraction of sp³-hybridized carbons (Fsp3) is 0.571. The molecule has 18 heavy (non-hydrogen) atoms. The summed E-state index contributed by atoms with van der Waals surface area (Å²) in [6.07, 6.45) is 0.767. The van der Waals surface area contributed by atoms with Gasteiger partial charge in [-0.25, -0.2) is 9.78 Å². The van der Waals surface area contributed by atoms with Crippen LogP contribution in [0.25, 0.3) is 0 Å². The fourth-order valence-electron chi connectivity index (χ4n) is 1.30. The van der Waals surface area contributed by atoms with Crippen molar-refractivity contribution in [2.45, 2.75) is 52.7 Å². The number of anilines is 1. The van der Waals surface area contributed by atoms with Crippen LogP contribution in [0.3, 0.4) is 0 Å². The number of pyridine rings is 1. The van der Waals surface area contributed by atoms with E-state index < -0.39 is 5.60 Å². The van der Waals surface area contributed by atoms with Crippen molar-refractivity contribution in [1.82, 2.24) is 4.98 Å². The van der Waals surface area contributed by atoms with Crippen LogP contribution >= 0.6 is 0 Å². The van der Waals surface area contributed by atoms with Crippen LogP contribution in [-0.4, -0.2) is 22.6 Å². The highest BCUT2D eigenvalue weighted by molar-refractivity contribution is 5.88. The minimum absolute atomic E-state index is 0.274. The number of nitrogens with one attached hydrogen (secondary N) is 1. The number of rotatable bonds is 5. The lowest BCUT2D eigenvalue weighted by Crippen LogP contribution is -2.27. The highest BCUT2D eigenvalue weighted by atomic mass is 16.6. The number of ether oxygens (including phenoxy) is 1. The maximum absolute atomic E-state index is 11.9. The van der Waals surface area contributed by atoms with E-state index >= 15 is 0 Å². The molecular formula is C14H22N2O2. The average Bonchev–Trinajstić information content (AvgIpc) is 2.28. The van der Waals surface area contributed by atoms with Gasteiger partial charge in [0.2, 0.25) is 0 Å². The molecule has 0 spiro atoms. The molecule has 1 N–H and O–H groups in total. The van der Waals surface area contributed by atoms with E-state index in [1.54, 1.807) is 12.1 Å². The average molecular weight is 250 g/mol. The molecule has 4 nitrogen and oxygen atoms in total. The number of carbonyl (C=O) groups excluding carboxylic acids is 1. The van der Waals surface area contributed by atoms with E-state index in [1.807, 2.05) is 40.7 Å². The summed E-state index contributed by atoms with van der Waals surface area (Å²) in [6, 6.07) is 5.57. The first kappa shape index (κ1) is 14.5. The molecule has 1 rings (SSSR count). The van der Waals surface area contributed by atoms with E-state index in [2.05, 4.69) is 10.3 Å². The second-order valence-corrected chi connectivity index (χ2v) is 5.21. The molecule has 0 aromatic carbocycles. The van der Waals surface area contributed by atoms with Crippen molar-refractivity contribution < 1.29 is 9.53 Å². The first-order chi connectivity index (χ1) is 8.34. The van der Waals surface area contributed by atoms with Gasteiger partial charge in [-0.05, 0) is 46.2 Å². The lowest BCUT2D eigenvalue weighted by atomic mass is 10.1. The lowest BCUT2D eigenvalue weighted by molar-refractivity contribution is -0.00306. The van der Waals surface area contributed by atoms with Crippen LogP contribution in [0.1, 0.15) is 51.5 Å². The molecule has 0 unspecified atom stereocenters. The summed E-state index contributed by atoms with van der Waals surface area (Å²) >= 11 is 0. The number of hydrogen-bond acceptors (Lipinski definition) is 4. The first-order valence-electron chi connectivity index (χ1n) is 6.31. The molecule has 100 valence electrons. The molecule has 1 heterocycles. The molecule has 0 saturated carbocycles. The van der Waals surface area contributed by atoms with Crippen LogP contribution in [0.4, 0.5) is 5.82 Å². The van der Waals surface area contributed by atoms with E-state index in [0.29, 0.717) is 11.5 Å². The summed E-state index contributed by atoms with van der Waals surface area (Å²) in [5.74, 6) is 0.308. The predicted octanol–water partition coefficient (Wildman–Crippen LogP) is 3.25. The minimum Gasteiger partial charge on any atom is -0.455 e. The normalized spacial score (nSPS) is 11.4. The SMILES string of the molecule is CCC(C)(C)OC(=O)c1cccc(NC(C)C)n1. The number of aromatic nitrogens is 1. The monoisotopic (exact) mass is 250 g/mol. The summed E-state index contributed by atoms with van der Waals surface area (Å²) in [7, 11) is 0. The van der Waals surface area contributed by atoms with Crippen LogP contribution in [-0.2, 0) is 4.74 Å². The molecular weight excluding hydrogens is 228 g/mol. The molecule has 0 fully saturated rings. The summed E-state index contributed by atoms with van der Waals surface area (Å²) in [5.41, 5.74) is -0.123. The maximum atomic E-state index is 11.9. The standard InChI is InChI=1S/C14H22N2O2/c1-6-14(4,5)18-13(17)11-8-7-9-12(16-11)15-10(2)3/h7-10H,6H2,1-5H3,(H,15,16). The van der Waals surface area contributed by atoms with Gasteiger partial charge in [-0.15, -0.1) is 0 Å². The van der Waals surface area contributed by atoms with Crippen LogP contribution < -0.4 is 5.32 Å². The highest BCUT2D eigenvalue weighted by Crippen LogP contribution is 2.16. The van der Waals surface area contributed by atoms with Gasteiger partial charge in [-0.1, -0.05) is 13.0 Å². The quantitative estimate of drug-likeness (QED) is 0.815. The summed E-state index contributed by atoms with van der Waals surface area (Å²) < 4.78 is 5.40. The Bertz CT molecular complexity index is 414. The number of carbonyl (C=O) groups is 1. The molecule has 1 aromatic rings. The van der Waals surface area contributed by atoms with Crippen molar-refractivity contribution in [3.8, 4) is 0 Å². The molecule has 4 heteroatoms. The van der Waals surface area contributed by atoms with E-state index in [9.17, 15) is 4.79 Å². The maximum Gasteiger partial charge on any atom is 0.357 e. The molecule has 0 radical (unpaired) electrons. The Kier molecular flexibility index (Phi) is 4.70. The molecule has 0 aliphatic carbocycles. The number of nitrogens with zero attached hydrogens (tertiary/aromatic N) is 1. The Hall–Kier alpha value is -1.58. The van der Waals surface area contributed by atoms with E-state index in [-0.39, 0.29) is 12.0 Å². The molecule has 0 amide bonds. The Morgan fingerprint density at radius 2 is 2.11 bits per heavy atom. The Morgan fingerprint density at radius 3 is 2.67 bits per heavy atom. The molecule has 0 aliphatic heterocycles. The zero-order valence-corrected chi connectivity index (χ0v) is 11.8. The van der Waals surface area contributed by atoms with Crippen LogP contribution in [0.5, 0.6) is 0 Å². The summed E-state index contributed by atoms with van der Waals surface area (Å²) in [6.45, 7) is 9.80. The summed E-state index contributed by atoms with van der Waals surface area (Å²) in [5, 5.41) is 3.16. The van der Waals surface area contributed by atoms with Crippen LogP contribution in [0, 0.1) is 0 Å². The van der Waals surface area contributed by atoms with E-state index in [0.717, 1.165) is 6.42 Å². The van der Waals surface area contributed by atoms with Crippen molar-refractivity contribution in [3.05, 3.63) is 23.9 Å². The third-order valence-electron chi connectivity index (χ3n) is 2.62. The second kappa shape index (κ2) is 5.85. The Morgan fingerprint density at radius 1 is 1.44 bits per heavy atom. The van der Waals surface area contributed by atoms with Gasteiger partial charge in [-0.2, -0.15) is 0 Å². The third kappa shape index (κ3) is 4.35. The largest absolute Gasteiger partial charge is 0.455 e. The van der Waals surface area contributed by atoms with Crippen molar-refractivity contribution in [2.24, 2.45) is 0 Å². The lowest BCUT2D eigenvalue weighted by Gasteiger charge is -2.23. The van der Waals surface area contributed by atoms with Crippen LogP contribution in [0.15, 0.2) is 18.2 Å². The van der Waals surface area contributed by atoms with Crippen LogP contribution in [0.2, 0.25) is 0 Å². The molecule has 0 atom stereocenters. The van der Waals surface area contributed by atoms with E-state index in [1.165, 1.54) is 0 Å². The fourth-order valence-corrected chi connectivity index (χ4v) is 1.30. The second-order valence-electron chi connectivity index (χ2n) is 5.21. The number of esters is 1. The van der Waals surface area contributed by atoms with Gasteiger partial charge in [-0.3, -0.25) is 0 Å². The predicted molar refractivity (Wildman–Crippen MR) is 72.8 cm³/mol. The van der Waals surface area contributed by atoms with Gasteiger partial charge >= 0.3 is 5.97 Å². The number of hydrogen-bond donors (Lipinski definition) is 1.